The molecule has 4 nitrogen and oxygen atoms in total. The van der Waals surface area contributed by atoms with E-state index in [2.05, 4.69) is 46.7 Å². The Hall–Kier alpha value is -2.08. The highest BCUT2D eigenvalue weighted by molar-refractivity contribution is 7.96. The fourth-order valence-electron chi connectivity index (χ4n) is 3.48. The fourth-order valence-corrected chi connectivity index (χ4v) is 4.13. The van der Waals surface area contributed by atoms with E-state index in [-0.39, 0.29) is 0 Å². The Kier molecular flexibility index (Phi) is 5.85. The van der Waals surface area contributed by atoms with Crippen LogP contribution >= 0.6 is 23.5 Å². The largest absolute Gasteiger partial charge is 0.353 e. The van der Waals surface area contributed by atoms with Crippen LogP contribution in [0.25, 0.3) is 22.5 Å². The normalized spacial score (nSPS) is 15.0. The number of benzene rings is 2. The van der Waals surface area contributed by atoms with E-state index >= 15 is 0 Å². The van der Waals surface area contributed by atoms with Gasteiger partial charge in [0.15, 0.2) is 0 Å². The predicted molar refractivity (Wildman–Crippen MR) is 120 cm³/mol. The number of aromatic nitrogens is 2. The smallest absolute Gasteiger partial charge is 0.147 e. The number of hydrogen-bond acceptors (Lipinski definition) is 5. The van der Waals surface area contributed by atoms with Crippen molar-refractivity contribution in [1.29, 1.82) is 0 Å². The standard InChI is InChI=1S/C22H23ClN4S/c1-16-5-3-4-6-19(16)22-21(17-7-9-18(23)10-8-17)24-15-20(25-22)26-11-13-27(28-2)14-12-26/h3-10,15H,11-14H2,1-2H3. The molecular formula is C22H23ClN4S. The average molecular weight is 411 g/mol. The molecular weight excluding hydrogens is 388 g/mol. The lowest BCUT2D eigenvalue weighted by molar-refractivity contribution is 0.429. The molecule has 0 radical (unpaired) electrons. The molecule has 0 bridgehead atoms. The molecule has 2 aromatic carbocycles. The molecule has 3 aromatic rings. The Labute approximate surface area is 175 Å². The van der Waals surface area contributed by atoms with Gasteiger partial charge in [-0.25, -0.2) is 9.29 Å². The van der Waals surface area contributed by atoms with E-state index in [1.807, 2.05) is 30.5 Å². The third-order valence-electron chi connectivity index (χ3n) is 5.10. The lowest BCUT2D eigenvalue weighted by Gasteiger charge is -2.34. The van der Waals surface area contributed by atoms with Crippen molar-refractivity contribution in [3.05, 3.63) is 65.3 Å². The molecule has 2 heterocycles. The number of halogens is 1. The second kappa shape index (κ2) is 8.52. The molecule has 0 spiro atoms. The van der Waals surface area contributed by atoms with E-state index in [0.717, 1.165) is 59.5 Å². The zero-order valence-corrected chi connectivity index (χ0v) is 17.7. The number of piperazine rings is 1. The van der Waals surface area contributed by atoms with Crippen LogP contribution < -0.4 is 4.90 Å². The van der Waals surface area contributed by atoms with Gasteiger partial charge in [0.2, 0.25) is 0 Å². The van der Waals surface area contributed by atoms with E-state index < -0.39 is 0 Å². The van der Waals surface area contributed by atoms with Crippen molar-refractivity contribution in [3.63, 3.8) is 0 Å². The van der Waals surface area contributed by atoms with Gasteiger partial charge < -0.3 is 4.90 Å². The molecule has 1 saturated heterocycles. The van der Waals surface area contributed by atoms with Crippen LogP contribution in [0.4, 0.5) is 5.82 Å². The molecule has 0 atom stereocenters. The Morgan fingerprint density at radius 1 is 0.929 bits per heavy atom. The van der Waals surface area contributed by atoms with Crippen molar-refractivity contribution in [3.8, 4) is 22.5 Å². The van der Waals surface area contributed by atoms with Crippen LogP contribution in [0.15, 0.2) is 54.7 Å². The van der Waals surface area contributed by atoms with E-state index in [1.165, 1.54) is 5.56 Å². The highest BCUT2D eigenvalue weighted by Gasteiger charge is 2.20. The topological polar surface area (TPSA) is 32.3 Å². The maximum Gasteiger partial charge on any atom is 0.147 e. The molecule has 1 aliphatic rings. The lowest BCUT2D eigenvalue weighted by Crippen LogP contribution is -2.43. The summed E-state index contributed by atoms with van der Waals surface area (Å²) >= 11 is 7.89. The van der Waals surface area contributed by atoms with Crippen molar-refractivity contribution < 1.29 is 0 Å². The number of anilines is 1. The first kappa shape index (κ1) is 19.2. The summed E-state index contributed by atoms with van der Waals surface area (Å²) in [5.41, 5.74) is 5.14. The molecule has 1 aliphatic heterocycles. The van der Waals surface area contributed by atoms with E-state index in [0.29, 0.717) is 0 Å². The molecule has 4 rings (SSSR count). The maximum atomic E-state index is 6.08. The molecule has 0 saturated carbocycles. The van der Waals surface area contributed by atoms with Crippen LogP contribution in [-0.2, 0) is 0 Å². The number of nitrogens with zero attached hydrogens (tertiary/aromatic N) is 4. The fraction of sp³-hybridized carbons (Fsp3) is 0.273. The molecule has 144 valence electrons. The molecule has 28 heavy (non-hydrogen) atoms. The summed E-state index contributed by atoms with van der Waals surface area (Å²) in [6.45, 7) is 6.10. The SMILES string of the molecule is CSN1CCN(c2cnc(-c3ccc(Cl)cc3)c(-c3ccccc3C)n2)CC1. The third-order valence-corrected chi connectivity index (χ3v) is 6.23. The van der Waals surface area contributed by atoms with Crippen LogP contribution in [0.2, 0.25) is 5.02 Å². The summed E-state index contributed by atoms with van der Waals surface area (Å²) in [7, 11) is 0. The van der Waals surface area contributed by atoms with Gasteiger partial charge in [-0.15, -0.1) is 0 Å². The van der Waals surface area contributed by atoms with Crippen molar-refractivity contribution in [2.45, 2.75) is 6.92 Å². The maximum absolute atomic E-state index is 6.08. The highest BCUT2D eigenvalue weighted by atomic mass is 35.5. The van der Waals surface area contributed by atoms with Crippen LogP contribution in [-0.4, -0.2) is 46.7 Å². The Bertz CT molecular complexity index is 953. The molecule has 1 fully saturated rings. The Morgan fingerprint density at radius 3 is 2.32 bits per heavy atom. The summed E-state index contributed by atoms with van der Waals surface area (Å²) in [5.74, 6) is 0.941. The van der Waals surface area contributed by atoms with Gasteiger partial charge >= 0.3 is 0 Å². The van der Waals surface area contributed by atoms with E-state index in [1.54, 1.807) is 11.9 Å². The second-order valence-corrected chi connectivity index (χ2v) is 8.16. The Balaban J connectivity index is 1.77. The van der Waals surface area contributed by atoms with E-state index in [9.17, 15) is 0 Å². The van der Waals surface area contributed by atoms with Gasteiger partial charge in [-0.3, -0.25) is 4.98 Å². The number of hydrogen-bond donors (Lipinski definition) is 0. The van der Waals surface area contributed by atoms with Gasteiger partial charge in [0, 0.05) is 42.3 Å². The van der Waals surface area contributed by atoms with Gasteiger partial charge in [-0.2, -0.15) is 0 Å². The predicted octanol–water partition coefficient (Wildman–Crippen LogP) is 5.17. The van der Waals surface area contributed by atoms with Crippen molar-refractivity contribution in [2.75, 3.05) is 37.3 Å². The van der Waals surface area contributed by atoms with Crippen LogP contribution in [0.1, 0.15) is 5.56 Å². The molecule has 0 unspecified atom stereocenters. The van der Waals surface area contributed by atoms with Crippen molar-refractivity contribution in [1.82, 2.24) is 14.3 Å². The second-order valence-electron chi connectivity index (χ2n) is 6.85. The number of rotatable bonds is 4. The molecule has 0 amide bonds. The summed E-state index contributed by atoms with van der Waals surface area (Å²) in [6, 6.07) is 16.2. The van der Waals surface area contributed by atoms with Gasteiger partial charge in [-0.05, 0) is 30.9 Å². The lowest BCUT2D eigenvalue weighted by atomic mass is 10.0. The minimum Gasteiger partial charge on any atom is -0.353 e. The summed E-state index contributed by atoms with van der Waals surface area (Å²) in [5, 5.41) is 0.720. The number of aryl methyl sites for hydroxylation is 1. The minimum atomic E-state index is 0.720. The van der Waals surface area contributed by atoms with Crippen LogP contribution in [0.5, 0.6) is 0 Å². The van der Waals surface area contributed by atoms with Gasteiger partial charge in [0.25, 0.3) is 0 Å². The average Bonchev–Trinajstić information content (AvgIpc) is 2.74. The molecule has 0 N–H and O–H groups in total. The first-order valence-corrected chi connectivity index (χ1v) is 10.9. The summed E-state index contributed by atoms with van der Waals surface area (Å²) in [6.07, 6.45) is 4.03. The molecule has 1 aromatic heterocycles. The third kappa shape index (κ3) is 4.02. The zero-order chi connectivity index (χ0) is 19.5. The first-order chi connectivity index (χ1) is 13.7. The zero-order valence-electron chi connectivity index (χ0n) is 16.1. The van der Waals surface area contributed by atoms with Crippen molar-refractivity contribution >= 4 is 29.4 Å². The van der Waals surface area contributed by atoms with Gasteiger partial charge in [0.1, 0.15) is 5.82 Å². The quantitative estimate of drug-likeness (QED) is 0.554. The van der Waals surface area contributed by atoms with Crippen LogP contribution in [0.3, 0.4) is 0 Å². The molecule has 0 aliphatic carbocycles. The molecule has 6 heteroatoms. The van der Waals surface area contributed by atoms with Gasteiger partial charge in [0.05, 0.1) is 17.6 Å². The Morgan fingerprint density at radius 2 is 1.64 bits per heavy atom. The summed E-state index contributed by atoms with van der Waals surface area (Å²) < 4.78 is 2.38. The first-order valence-electron chi connectivity index (χ1n) is 9.38. The van der Waals surface area contributed by atoms with E-state index in [4.69, 9.17) is 21.6 Å². The minimum absolute atomic E-state index is 0.720. The van der Waals surface area contributed by atoms with Gasteiger partial charge in [-0.1, -0.05) is 59.9 Å². The summed E-state index contributed by atoms with van der Waals surface area (Å²) in [4.78, 5) is 12.3. The highest BCUT2D eigenvalue weighted by Crippen LogP contribution is 2.33. The monoisotopic (exact) mass is 410 g/mol. The van der Waals surface area contributed by atoms with Crippen LogP contribution in [0, 0.1) is 6.92 Å². The van der Waals surface area contributed by atoms with Crippen molar-refractivity contribution in [2.24, 2.45) is 0 Å².